The van der Waals surface area contributed by atoms with E-state index in [9.17, 15) is 4.79 Å². The topological polar surface area (TPSA) is 32.3 Å². The van der Waals surface area contributed by atoms with Gasteiger partial charge >= 0.3 is 0 Å². The Morgan fingerprint density at radius 1 is 1.29 bits per heavy atom. The van der Waals surface area contributed by atoms with Crippen LogP contribution in [-0.4, -0.2) is 23.4 Å². The molecule has 3 rings (SSSR count). The number of hydrogen-bond acceptors (Lipinski definition) is 3. The Labute approximate surface area is 106 Å². The lowest BCUT2D eigenvalue weighted by Crippen LogP contribution is -2.40. The number of rotatable bonds is 2. The van der Waals surface area contributed by atoms with E-state index in [1.165, 1.54) is 37.7 Å². The van der Waals surface area contributed by atoms with Crippen LogP contribution in [0.3, 0.4) is 0 Å². The molecule has 0 bridgehead atoms. The van der Waals surface area contributed by atoms with Crippen LogP contribution in [-0.2, 0) is 4.79 Å². The van der Waals surface area contributed by atoms with Gasteiger partial charge in [0.15, 0.2) is 0 Å². The van der Waals surface area contributed by atoms with E-state index >= 15 is 0 Å². The molecule has 2 fully saturated rings. The average Bonchev–Trinajstić information content (AvgIpc) is 2.98. The predicted octanol–water partition coefficient (Wildman–Crippen LogP) is 2.51. The standard InChI is InChI=1S/C13H18N2OS/c16-12-8-14-13(10-6-7-17-9-10)15(12)11-4-2-1-3-5-11/h6-7,9,11,13-14H,1-5,8H2. The van der Waals surface area contributed by atoms with Gasteiger partial charge in [-0.3, -0.25) is 10.1 Å². The van der Waals surface area contributed by atoms with Crippen molar-refractivity contribution in [1.29, 1.82) is 0 Å². The summed E-state index contributed by atoms with van der Waals surface area (Å²) in [5.74, 6) is 0.271. The molecule has 17 heavy (non-hydrogen) atoms. The first-order valence-electron chi connectivity index (χ1n) is 6.43. The van der Waals surface area contributed by atoms with Gasteiger partial charge in [-0.1, -0.05) is 19.3 Å². The molecule has 1 N–H and O–H groups in total. The van der Waals surface area contributed by atoms with Gasteiger partial charge in [0.1, 0.15) is 6.17 Å². The third kappa shape index (κ3) is 2.11. The fourth-order valence-electron chi connectivity index (χ4n) is 3.00. The molecule has 1 aromatic rings. The van der Waals surface area contributed by atoms with Crippen molar-refractivity contribution in [2.75, 3.05) is 6.54 Å². The van der Waals surface area contributed by atoms with E-state index < -0.39 is 0 Å². The van der Waals surface area contributed by atoms with E-state index in [4.69, 9.17) is 0 Å². The van der Waals surface area contributed by atoms with Crippen LogP contribution in [0.15, 0.2) is 16.8 Å². The summed E-state index contributed by atoms with van der Waals surface area (Å²) >= 11 is 1.70. The Morgan fingerprint density at radius 2 is 2.12 bits per heavy atom. The highest BCUT2D eigenvalue weighted by molar-refractivity contribution is 7.07. The summed E-state index contributed by atoms with van der Waals surface area (Å²) in [6, 6.07) is 2.58. The Morgan fingerprint density at radius 3 is 2.82 bits per heavy atom. The van der Waals surface area contributed by atoms with Crippen molar-refractivity contribution in [1.82, 2.24) is 10.2 Å². The van der Waals surface area contributed by atoms with Crippen molar-refractivity contribution in [3.8, 4) is 0 Å². The van der Waals surface area contributed by atoms with Gasteiger partial charge < -0.3 is 4.90 Å². The Hall–Kier alpha value is -0.870. The summed E-state index contributed by atoms with van der Waals surface area (Å²) in [6.45, 7) is 0.497. The number of amides is 1. The van der Waals surface area contributed by atoms with Crippen molar-refractivity contribution in [2.24, 2.45) is 0 Å². The molecule has 1 aromatic heterocycles. The van der Waals surface area contributed by atoms with E-state index in [1.54, 1.807) is 11.3 Å². The van der Waals surface area contributed by atoms with Crippen molar-refractivity contribution in [3.63, 3.8) is 0 Å². The van der Waals surface area contributed by atoms with Crippen LogP contribution in [0.1, 0.15) is 43.8 Å². The van der Waals surface area contributed by atoms with Gasteiger partial charge in [0.2, 0.25) is 5.91 Å². The Bertz CT molecular complexity index is 384. The fourth-order valence-corrected chi connectivity index (χ4v) is 3.68. The van der Waals surface area contributed by atoms with Crippen molar-refractivity contribution < 1.29 is 4.79 Å². The summed E-state index contributed by atoms with van der Waals surface area (Å²) in [6.07, 6.45) is 6.34. The van der Waals surface area contributed by atoms with E-state index in [0.717, 1.165) is 0 Å². The number of carbonyl (C=O) groups is 1. The second-order valence-electron chi connectivity index (χ2n) is 4.93. The van der Waals surface area contributed by atoms with Crippen LogP contribution < -0.4 is 5.32 Å². The average molecular weight is 250 g/mol. The van der Waals surface area contributed by atoms with Gasteiger partial charge in [-0.25, -0.2) is 0 Å². The molecule has 1 amide bonds. The van der Waals surface area contributed by atoms with Gasteiger partial charge in [-0.05, 0) is 35.2 Å². The van der Waals surface area contributed by atoms with Gasteiger partial charge in [0, 0.05) is 6.04 Å². The van der Waals surface area contributed by atoms with E-state index in [0.29, 0.717) is 12.6 Å². The first-order valence-corrected chi connectivity index (χ1v) is 7.37. The number of nitrogens with one attached hydrogen (secondary N) is 1. The third-order valence-electron chi connectivity index (χ3n) is 3.84. The lowest BCUT2D eigenvalue weighted by atomic mass is 9.93. The molecular weight excluding hydrogens is 232 g/mol. The van der Waals surface area contributed by atoms with Crippen LogP contribution in [0.2, 0.25) is 0 Å². The Balaban J connectivity index is 1.81. The Kier molecular flexibility index (Phi) is 3.16. The lowest BCUT2D eigenvalue weighted by molar-refractivity contribution is -0.131. The molecule has 1 aliphatic carbocycles. The first-order chi connectivity index (χ1) is 8.36. The molecule has 1 saturated carbocycles. The molecule has 2 aliphatic rings. The van der Waals surface area contributed by atoms with Crippen LogP contribution in [0.25, 0.3) is 0 Å². The maximum Gasteiger partial charge on any atom is 0.238 e. The van der Waals surface area contributed by atoms with E-state index in [-0.39, 0.29) is 12.1 Å². The highest BCUT2D eigenvalue weighted by Gasteiger charge is 2.37. The van der Waals surface area contributed by atoms with Crippen LogP contribution in [0.4, 0.5) is 0 Å². The summed E-state index contributed by atoms with van der Waals surface area (Å²) < 4.78 is 0. The minimum atomic E-state index is 0.122. The van der Waals surface area contributed by atoms with Crippen molar-refractivity contribution in [3.05, 3.63) is 22.4 Å². The molecule has 1 unspecified atom stereocenters. The number of hydrogen-bond donors (Lipinski definition) is 1. The second-order valence-corrected chi connectivity index (χ2v) is 5.71. The highest BCUT2D eigenvalue weighted by Crippen LogP contribution is 2.32. The van der Waals surface area contributed by atoms with Gasteiger partial charge in [-0.2, -0.15) is 11.3 Å². The molecule has 4 heteroatoms. The maximum atomic E-state index is 12.0. The molecule has 0 radical (unpaired) electrons. The molecule has 92 valence electrons. The van der Waals surface area contributed by atoms with Gasteiger partial charge in [0.25, 0.3) is 0 Å². The monoisotopic (exact) mass is 250 g/mol. The van der Waals surface area contributed by atoms with Crippen molar-refractivity contribution in [2.45, 2.75) is 44.3 Å². The van der Waals surface area contributed by atoms with Crippen LogP contribution in [0, 0.1) is 0 Å². The van der Waals surface area contributed by atoms with Crippen LogP contribution in [0.5, 0.6) is 0 Å². The zero-order valence-electron chi connectivity index (χ0n) is 9.89. The van der Waals surface area contributed by atoms with Gasteiger partial charge in [0.05, 0.1) is 6.54 Å². The molecule has 1 saturated heterocycles. The maximum absolute atomic E-state index is 12.0. The first kappa shape index (κ1) is 11.2. The molecule has 0 aromatic carbocycles. The SMILES string of the molecule is O=C1CNC(c2ccsc2)N1C1CCCCC1. The molecule has 2 heterocycles. The molecule has 3 nitrogen and oxygen atoms in total. The molecule has 1 atom stereocenters. The smallest absolute Gasteiger partial charge is 0.238 e. The minimum absolute atomic E-state index is 0.122. The number of thiophene rings is 1. The van der Waals surface area contributed by atoms with Crippen molar-refractivity contribution >= 4 is 17.2 Å². The predicted molar refractivity (Wildman–Crippen MR) is 68.8 cm³/mol. The van der Waals surface area contributed by atoms with E-state index in [1.807, 2.05) is 0 Å². The van der Waals surface area contributed by atoms with Crippen LogP contribution >= 0.6 is 11.3 Å². The zero-order chi connectivity index (χ0) is 11.7. The molecule has 0 spiro atoms. The summed E-state index contributed by atoms with van der Waals surface area (Å²) in [5.41, 5.74) is 1.24. The second kappa shape index (κ2) is 4.78. The lowest BCUT2D eigenvalue weighted by Gasteiger charge is -2.35. The quantitative estimate of drug-likeness (QED) is 0.874. The van der Waals surface area contributed by atoms with E-state index in [2.05, 4.69) is 27.0 Å². The summed E-state index contributed by atoms with van der Waals surface area (Å²) in [7, 11) is 0. The molecule has 1 aliphatic heterocycles. The number of nitrogens with zero attached hydrogens (tertiary/aromatic N) is 1. The largest absolute Gasteiger partial charge is 0.319 e. The summed E-state index contributed by atoms with van der Waals surface area (Å²) in [5, 5.41) is 7.57. The highest BCUT2D eigenvalue weighted by atomic mass is 32.1. The minimum Gasteiger partial charge on any atom is -0.319 e. The normalized spacial score (nSPS) is 26.7. The molecular formula is C13H18N2OS. The fraction of sp³-hybridized carbons (Fsp3) is 0.615. The number of carbonyl (C=O) groups excluding carboxylic acids is 1. The summed E-state index contributed by atoms with van der Waals surface area (Å²) in [4.78, 5) is 14.1. The third-order valence-corrected chi connectivity index (χ3v) is 4.54. The zero-order valence-corrected chi connectivity index (χ0v) is 10.7. The van der Waals surface area contributed by atoms with Gasteiger partial charge in [-0.15, -0.1) is 0 Å².